The fourth-order valence-electron chi connectivity index (χ4n) is 1.21. The Bertz CT molecular complexity index is 304. The molecule has 4 heteroatoms. The average molecular weight is 260 g/mol. The first kappa shape index (κ1) is 11.5. The molecule has 78 valence electrons. The molecule has 3 N–H and O–H groups in total. The Labute approximate surface area is 92.0 Å². The number of aliphatic hydroxyl groups excluding tert-OH is 1. The van der Waals surface area contributed by atoms with Gasteiger partial charge in [0.2, 0.25) is 0 Å². The summed E-state index contributed by atoms with van der Waals surface area (Å²) >= 11 is 3.36. The van der Waals surface area contributed by atoms with Gasteiger partial charge >= 0.3 is 0 Å². The molecular weight excluding hydrogens is 246 g/mol. The second-order valence-corrected chi connectivity index (χ2v) is 3.87. The zero-order valence-electron chi connectivity index (χ0n) is 8.03. The summed E-state index contributed by atoms with van der Waals surface area (Å²) in [7, 11) is 1.61. The van der Waals surface area contributed by atoms with Crippen molar-refractivity contribution in [2.75, 3.05) is 13.7 Å². The fourth-order valence-corrected chi connectivity index (χ4v) is 1.62. The van der Waals surface area contributed by atoms with Crippen LogP contribution in [-0.4, -0.2) is 18.8 Å². The highest BCUT2D eigenvalue weighted by molar-refractivity contribution is 9.10. The van der Waals surface area contributed by atoms with Gasteiger partial charge in [0.25, 0.3) is 0 Å². The van der Waals surface area contributed by atoms with Crippen molar-refractivity contribution in [3.63, 3.8) is 0 Å². The first-order chi connectivity index (χ1) is 6.69. The molecule has 3 nitrogen and oxygen atoms in total. The zero-order chi connectivity index (χ0) is 10.6. The summed E-state index contributed by atoms with van der Waals surface area (Å²) in [6.45, 7) is 0.0968. The Hall–Kier alpha value is -0.580. The molecule has 1 aromatic rings. The molecule has 0 spiro atoms. The summed E-state index contributed by atoms with van der Waals surface area (Å²) in [6.07, 6.45) is 0.560. The minimum atomic E-state index is -0.137. The fraction of sp³-hybridized carbons (Fsp3) is 0.400. The van der Waals surface area contributed by atoms with E-state index in [0.717, 1.165) is 15.8 Å². The summed E-state index contributed by atoms with van der Waals surface area (Å²) in [5.41, 5.74) is 6.82. The summed E-state index contributed by atoms with van der Waals surface area (Å²) in [5.74, 6) is 0.760. The van der Waals surface area contributed by atoms with Gasteiger partial charge in [0.05, 0.1) is 11.6 Å². The molecule has 0 aliphatic heterocycles. The van der Waals surface area contributed by atoms with Crippen LogP contribution in [0.3, 0.4) is 0 Å². The monoisotopic (exact) mass is 259 g/mol. The molecule has 0 bridgehead atoms. The van der Waals surface area contributed by atoms with Crippen molar-refractivity contribution in [2.45, 2.75) is 12.5 Å². The standard InChI is InChI=1S/C10H14BrNO2/c1-14-10-6-7(2-3-8(10)11)9(12)4-5-13/h2-3,6,9,13H,4-5,12H2,1H3. The Morgan fingerprint density at radius 2 is 2.29 bits per heavy atom. The van der Waals surface area contributed by atoms with Crippen molar-refractivity contribution < 1.29 is 9.84 Å². The molecule has 0 aromatic heterocycles. The number of hydrogen-bond acceptors (Lipinski definition) is 3. The highest BCUT2D eigenvalue weighted by Gasteiger charge is 2.08. The molecule has 14 heavy (non-hydrogen) atoms. The largest absolute Gasteiger partial charge is 0.496 e. The molecule has 1 rings (SSSR count). The van der Waals surface area contributed by atoms with Gasteiger partial charge in [0.1, 0.15) is 5.75 Å². The van der Waals surface area contributed by atoms with E-state index in [2.05, 4.69) is 15.9 Å². The van der Waals surface area contributed by atoms with Crippen LogP contribution in [0.4, 0.5) is 0 Å². The minimum Gasteiger partial charge on any atom is -0.496 e. The van der Waals surface area contributed by atoms with Crippen molar-refractivity contribution in [3.05, 3.63) is 28.2 Å². The molecule has 0 fully saturated rings. The van der Waals surface area contributed by atoms with Crippen molar-refractivity contribution >= 4 is 15.9 Å². The van der Waals surface area contributed by atoms with Gasteiger partial charge in [0.15, 0.2) is 0 Å². The predicted molar refractivity (Wildman–Crippen MR) is 59.3 cm³/mol. The first-order valence-electron chi connectivity index (χ1n) is 4.39. The zero-order valence-corrected chi connectivity index (χ0v) is 9.62. The summed E-state index contributed by atoms with van der Waals surface area (Å²) in [5, 5.41) is 8.76. The number of rotatable bonds is 4. The van der Waals surface area contributed by atoms with Crippen LogP contribution >= 0.6 is 15.9 Å². The van der Waals surface area contributed by atoms with Gasteiger partial charge in [-0.05, 0) is 40.0 Å². The van der Waals surface area contributed by atoms with E-state index in [1.807, 2.05) is 18.2 Å². The summed E-state index contributed by atoms with van der Waals surface area (Å²) < 4.78 is 6.05. The lowest BCUT2D eigenvalue weighted by Crippen LogP contribution is -2.11. The second-order valence-electron chi connectivity index (χ2n) is 3.01. The number of halogens is 1. The molecule has 1 aromatic carbocycles. The summed E-state index contributed by atoms with van der Waals surface area (Å²) in [6, 6.07) is 5.56. The molecule has 0 saturated carbocycles. The Balaban J connectivity index is 2.88. The highest BCUT2D eigenvalue weighted by Crippen LogP contribution is 2.28. The van der Waals surface area contributed by atoms with Gasteiger partial charge in [-0.2, -0.15) is 0 Å². The van der Waals surface area contributed by atoms with Crippen LogP contribution < -0.4 is 10.5 Å². The molecule has 0 radical (unpaired) electrons. The van der Waals surface area contributed by atoms with E-state index in [1.165, 1.54) is 0 Å². The molecule has 0 heterocycles. The highest BCUT2D eigenvalue weighted by atomic mass is 79.9. The van der Waals surface area contributed by atoms with Crippen molar-refractivity contribution in [3.8, 4) is 5.75 Å². The van der Waals surface area contributed by atoms with E-state index in [-0.39, 0.29) is 12.6 Å². The van der Waals surface area contributed by atoms with Gasteiger partial charge < -0.3 is 15.6 Å². The molecule has 0 aliphatic carbocycles. The number of ether oxygens (including phenoxy) is 1. The van der Waals surface area contributed by atoms with E-state index < -0.39 is 0 Å². The molecule has 1 unspecified atom stereocenters. The van der Waals surface area contributed by atoms with E-state index in [9.17, 15) is 0 Å². The van der Waals surface area contributed by atoms with Crippen molar-refractivity contribution in [2.24, 2.45) is 5.73 Å². The van der Waals surface area contributed by atoms with Gasteiger partial charge in [-0.1, -0.05) is 6.07 Å². The van der Waals surface area contributed by atoms with E-state index in [4.69, 9.17) is 15.6 Å². The second kappa shape index (κ2) is 5.34. The number of benzene rings is 1. The number of methoxy groups -OCH3 is 1. The minimum absolute atomic E-state index is 0.0968. The normalized spacial score (nSPS) is 12.6. The Kier molecular flexibility index (Phi) is 4.38. The SMILES string of the molecule is COc1cc(C(N)CCO)ccc1Br. The third-order valence-corrected chi connectivity index (χ3v) is 2.70. The third kappa shape index (κ3) is 2.70. The summed E-state index contributed by atoms with van der Waals surface area (Å²) in [4.78, 5) is 0. The van der Waals surface area contributed by atoms with E-state index >= 15 is 0 Å². The number of aliphatic hydroxyl groups is 1. The van der Waals surface area contributed by atoms with Crippen molar-refractivity contribution in [1.82, 2.24) is 0 Å². The lowest BCUT2D eigenvalue weighted by molar-refractivity contribution is 0.276. The maximum absolute atomic E-state index is 8.76. The molecule has 0 amide bonds. The Morgan fingerprint density at radius 1 is 1.57 bits per heavy atom. The van der Waals surface area contributed by atoms with Gasteiger partial charge in [-0.3, -0.25) is 0 Å². The van der Waals surface area contributed by atoms with Crippen molar-refractivity contribution in [1.29, 1.82) is 0 Å². The number of nitrogens with two attached hydrogens (primary N) is 1. The maximum Gasteiger partial charge on any atom is 0.133 e. The van der Waals surface area contributed by atoms with E-state index in [1.54, 1.807) is 7.11 Å². The van der Waals surface area contributed by atoms with Crippen LogP contribution in [0.1, 0.15) is 18.0 Å². The van der Waals surface area contributed by atoms with Crippen LogP contribution in [0.15, 0.2) is 22.7 Å². The molecular formula is C10H14BrNO2. The molecule has 1 atom stereocenters. The topological polar surface area (TPSA) is 55.5 Å². The van der Waals surface area contributed by atoms with Crippen LogP contribution in [0.25, 0.3) is 0 Å². The lowest BCUT2D eigenvalue weighted by atomic mass is 10.1. The maximum atomic E-state index is 8.76. The predicted octanol–water partition coefficient (Wildman–Crippen LogP) is 1.84. The van der Waals surface area contributed by atoms with Crippen LogP contribution in [0, 0.1) is 0 Å². The quantitative estimate of drug-likeness (QED) is 0.868. The van der Waals surface area contributed by atoms with Gasteiger partial charge in [-0.15, -0.1) is 0 Å². The molecule has 0 aliphatic rings. The van der Waals surface area contributed by atoms with Crippen LogP contribution in [-0.2, 0) is 0 Å². The smallest absolute Gasteiger partial charge is 0.133 e. The Morgan fingerprint density at radius 3 is 2.86 bits per heavy atom. The van der Waals surface area contributed by atoms with E-state index in [0.29, 0.717) is 6.42 Å². The average Bonchev–Trinajstić information content (AvgIpc) is 2.19. The first-order valence-corrected chi connectivity index (χ1v) is 5.18. The van der Waals surface area contributed by atoms with Gasteiger partial charge in [-0.25, -0.2) is 0 Å². The van der Waals surface area contributed by atoms with Gasteiger partial charge in [0, 0.05) is 12.6 Å². The molecule has 0 saturated heterocycles. The number of hydrogen-bond donors (Lipinski definition) is 2. The van der Waals surface area contributed by atoms with Crippen LogP contribution in [0.2, 0.25) is 0 Å². The lowest BCUT2D eigenvalue weighted by Gasteiger charge is -2.12. The van der Waals surface area contributed by atoms with Crippen LogP contribution in [0.5, 0.6) is 5.75 Å². The third-order valence-electron chi connectivity index (χ3n) is 2.04.